The smallest absolute Gasteiger partial charge is 0.319 e. The van der Waals surface area contributed by atoms with Crippen LogP contribution in [0, 0.1) is 0 Å². The Morgan fingerprint density at radius 2 is 1.92 bits per heavy atom. The van der Waals surface area contributed by atoms with E-state index in [9.17, 15) is 26.4 Å². The molecule has 0 spiro atoms. The first-order valence-corrected chi connectivity index (χ1v) is 13.0. The molecule has 200 valence electrons. The van der Waals surface area contributed by atoms with Crippen LogP contribution in [0.3, 0.4) is 0 Å². The highest BCUT2D eigenvalue weighted by atomic mass is 32.2. The van der Waals surface area contributed by atoms with Gasteiger partial charge < -0.3 is 19.1 Å². The first-order valence-electron chi connectivity index (χ1n) is 11.5. The molecular weight excluding hydrogens is 517 g/mol. The zero-order valence-corrected chi connectivity index (χ0v) is 20.9. The van der Waals surface area contributed by atoms with Gasteiger partial charge in [0, 0.05) is 46.5 Å². The van der Waals surface area contributed by atoms with Crippen molar-refractivity contribution in [3.63, 3.8) is 0 Å². The Kier molecular flexibility index (Phi) is 6.26. The Morgan fingerprint density at radius 3 is 2.49 bits per heavy atom. The lowest BCUT2D eigenvalue weighted by molar-refractivity contribution is 0.116. The number of rotatable bonds is 7. The van der Waals surface area contributed by atoms with Crippen LogP contribution in [0.1, 0.15) is 25.2 Å². The van der Waals surface area contributed by atoms with Crippen molar-refractivity contribution < 1.29 is 30.8 Å². The molecule has 2 amide bonds. The normalized spacial score (nSPS) is 17.6. The lowest BCUT2D eigenvalue weighted by Gasteiger charge is -2.37. The van der Waals surface area contributed by atoms with Gasteiger partial charge in [-0.15, -0.1) is 10.2 Å². The van der Waals surface area contributed by atoms with E-state index in [1.807, 2.05) is 4.90 Å². The van der Waals surface area contributed by atoms with Crippen molar-refractivity contribution in [1.29, 1.82) is 0 Å². The maximum absolute atomic E-state index is 13.5. The summed E-state index contributed by atoms with van der Waals surface area (Å²) in [7, 11) is -0.842. The molecule has 0 unspecified atom stereocenters. The molecule has 0 bridgehead atoms. The van der Waals surface area contributed by atoms with Gasteiger partial charge in [0.25, 0.3) is 11.8 Å². The summed E-state index contributed by atoms with van der Waals surface area (Å²) in [4.78, 5) is 21.5. The number of amides is 2. The summed E-state index contributed by atoms with van der Waals surface area (Å²) >= 11 is 0. The van der Waals surface area contributed by atoms with E-state index < -0.39 is 34.6 Å². The molecular formula is C21H25F3N8O4S. The molecule has 1 N–H and O–H groups in total. The molecule has 5 rings (SSSR count). The minimum atomic E-state index is -4.16. The number of carbonyl (C=O) groups is 1. The van der Waals surface area contributed by atoms with Crippen LogP contribution in [-0.4, -0.2) is 96.3 Å². The number of urea groups is 1. The fourth-order valence-corrected chi connectivity index (χ4v) is 5.66. The fraction of sp³-hybridized carbons (Fsp3) is 0.524. The lowest BCUT2D eigenvalue weighted by atomic mass is 10.2. The van der Waals surface area contributed by atoms with Gasteiger partial charge in [0.1, 0.15) is 11.6 Å². The molecule has 1 saturated carbocycles. The van der Waals surface area contributed by atoms with Gasteiger partial charge in [0.2, 0.25) is 15.8 Å². The molecule has 0 atom stereocenters. The number of halogens is 3. The van der Waals surface area contributed by atoms with Crippen molar-refractivity contribution in [3.05, 3.63) is 24.4 Å². The number of sulfonamides is 1. The highest BCUT2D eigenvalue weighted by Crippen LogP contribution is 2.38. The SMILES string of the molecule is CN(C)C(=O)N1CCN(c2cc(S(=O)(=O)NC3(CF)CC3)cn3c(-c4nnc(C(F)F)o4)ncc23)CC1. The number of nitrogens with one attached hydrogen (secondary N) is 1. The number of imidazole rings is 1. The van der Waals surface area contributed by atoms with Crippen LogP contribution < -0.4 is 9.62 Å². The van der Waals surface area contributed by atoms with Crippen molar-refractivity contribution in [2.75, 3.05) is 51.8 Å². The monoisotopic (exact) mass is 542 g/mol. The number of hydrogen-bond donors (Lipinski definition) is 1. The predicted molar refractivity (Wildman–Crippen MR) is 125 cm³/mol. The minimum Gasteiger partial charge on any atom is -0.412 e. The average molecular weight is 543 g/mol. The Bertz CT molecular complexity index is 1430. The highest BCUT2D eigenvalue weighted by Gasteiger charge is 2.46. The molecule has 3 aromatic heterocycles. The summed E-state index contributed by atoms with van der Waals surface area (Å²) in [6, 6.07) is 1.32. The molecule has 16 heteroatoms. The van der Waals surface area contributed by atoms with Gasteiger partial charge in [-0.05, 0) is 18.9 Å². The highest BCUT2D eigenvalue weighted by molar-refractivity contribution is 7.89. The zero-order chi connectivity index (χ0) is 26.5. The van der Waals surface area contributed by atoms with Crippen LogP contribution in [0.5, 0.6) is 0 Å². The summed E-state index contributed by atoms with van der Waals surface area (Å²) in [5.74, 6) is -1.23. The van der Waals surface area contributed by atoms with E-state index in [-0.39, 0.29) is 22.6 Å². The maximum Gasteiger partial charge on any atom is 0.319 e. The number of nitrogens with zero attached hydrogens (tertiary/aromatic N) is 7. The molecule has 2 fully saturated rings. The molecule has 1 saturated heterocycles. The summed E-state index contributed by atoms with van der Waals surface area (Å²) < 4.78 is 74.9. The molecule has 1 aliphatic carbocycles. The molecule has 0 radical (unpaired) electrons. The number of alkyl halides is 3. The Morgan fingerprint density at radius 1 is 1.22 bits per heavy atom. The van der Waals surface area contributed by atoms with Crippen LogP contribution in [0.15, 0.2) is 27.8 Å². The second kappa shape index (κ2) is 9.16. The number of piperazine rings is 1. The first-order chi connectivity index (χ1) is 17.5. The molecule has 2 aliphatic rings. The van der Waals surface area contributed by atoms with Crippen LogP contribution in [0.2, 0.25) is 0 Å². The fourth-order valence-electron chi connectivity index (χ4n) is 4.21. The maximum atomic E-state index is 13.5. The number of carbonyl (C=O) groups excluding carboxylic acids is 1. The van der Waals surface area contributed by atoms with Gasteiger partial charge in [-0.2, -0.15) is 8.78 Å². The summed E-state index contributed by atoms with van der Waals surface area (Å²) in [5, 5.41) is 6.96. The van der Waals surface area contributed by atoms with Gasteiger partial charge in [0.05, 0.1) is 22.9 Å². The molecule has 0 aromatic carbocycles. The Labute approximate surface area is 210 Å². The van der Waals surface area contributed by atoms with Crippen LogP contribution >= 0.6 is 0 Å². The van der Waals surface area contributed by atoms with E-state index in [2.05, 4.69) is 19.9 Å². The third kappa shape index (κ3) is 4.70. The van der Waals surface area contributed by atoms with E-state index in [0.29, 0.717) is 50.2 Å². The lowest BCUT2D eigenvalue weighted by Crippen LogP contribution is -2.51. The summed E-state index contributed by atoms with van der Waals surface area (Å²) in [6.07, 6.45) is 0.487. The van der Waals surface area contributed by atoms with Crippen molar-refractivity contribution in [2.45, 2.75) is 29.7 Å². The Balaban J connectivity index is 1.57. The van der Waals surface area contributed by atoms with Gasteiger partial charge in [0.15, 0.2) is 0 Å². The van der Waals surface area contributed by atoms with E-state index >= 15 is 0 Å². The van der Waals surface area contributed by atoms with Gasteiger partial charge in [-0.1, -0.05) is 0 Å². The quantitative estimate of drug-likeness (QED) is 0.480. The first kappa shape index (κ1) is 25.3. The van der Waals surface area contributed by atoms with Crippen LogP contribution in [0.25, 0.3) is 17.2 Å². The third-order valence-electron chi connectivity index (χ3n) is 6.46. The molecule has 4 heterocycles. The number of pyridine rings is 1. The van der Waals surface area contributed by atoms with E-state index in [4.69, 9.17) is 4.42 Å². The van der Waals surface area contributed by atoms with Gasteiger partial charge >= 0.3 is 12.5 Å². The van der Waals surface area contributed by atoms with E-state index in [1.54, 1.807) is 19.0 Å². The second-order valence-electron chi connectivity index (χ2n) is 9.31. The number of aromatic nitrogens is 4. The topological polar surface area (TPSA) is 129 Å². The average Bonchev–Trinajstić information content (AvgIpc) is 3.26. The van der Waals surface area contributed by atoms with E-state index in [1.165, 1.54) is 27.8 Å². The molecule has 1 aliphatic heterocycles. The third-order valence-corrected chi connectivity index (χ3v) is 8.00. The number of fused-ring (bicyclic) bond motifs is 1. The molecule has 37 heavy (non-hydrogen) atoms. The number of anilines is 1. The van der Waals surface area contributed by atoms with Crippen molar-refractivity contribution in [3.8, 4) is 11.7 Å². The summed E-state index contributed by atoms with van der Waals surface area (Å²) in [5.41, 5.74) is -0.176. The Hall–Kier alpha value is -3.40. The van der Waals surface area contributed by atoms with Crippen LogP contribution in [-0.2, 0) is 10.0 Å². The zero-order valence-electron chi connectivity index (χ0n) is 20.1. The van der Waals surface area contributed by atoms with Gasteiger partial charge in [-0.25, -0.2) is 27.3 Å². The molecule has 3 aromatic rings. The van der Waals surface area contributed by atoms with Gasteiger partial charge in [-0.3, -0.25) is 4.40 Å². The predicted octanol–water partition coefficient (Wildman–Crippen LogP) is 1.91. The second-order valence-corrected chi connectivity index (χ2v) is 11.0. The van der Waals surface area contributed by atoms with Crippen molar-refractivity contribution in [2.24, 2.45) is 0 Å². The standard InChI is InChI=1S/C21H25F3N8O4S/c1-29(2)20(33)31-7-5-30(6-8-31)14-9-13(37(34,35)28-21(12-22)3-4-21)11-32-15(14)10-25-17(32)19-27-26-18(36-19)16(23)24/h9-11,16,28H,3-8,12H2,1-2H3. The summed E-state index contributed by atoms with van der Waals surface area (Å²) in [6.45, 7) is 0.754. The molecule has 12 nitrogen and oxygen atoms in total. The van der Waals surface area contributed by atoms with Crippen molar-refractivity contribution in [1.82, 2.24) is 34.1 Å². The van der Waals surface area contributed by atoms with Crippen LogP contribution in [0.4, 0.5) is 23.7 Å². The number of hydrogen-bond acceptors (Lipinski definition) is 8. The minimum absolute atomic E-state index is 0.0271. The largest absolute Gasteiger partial charge is 0.412 e. The van der Waals surface area contributed by atoms with E-state index in [0.717, 1.165) is 0 Å². The van der Waals surface area contributed by atoms with Crippen molar-refractivity contribution >= 4 is 27.3 Å².